The molecular weight excluding hydrogens is 944 g/mol. The maximum absolute atomic E-state index is 13.1. The molecule has 4 aliphatic rings. The average molecular weight is 1010 g/mol. The molecule has 6 aromatic rings. The van der Waals surface area contributed by atoms with E-state index >= 15 is 0 Å². The number of fused-ring (bicyclic) bond motifs is 7. The standard InChI is InChI=1S/C48H63B31O2/c49-13-4(5-18(54)29(65)37(73)30(66)19(5)55)14(50)12-43(8(13)6-20(56)31(67)38(74)32(68)21(6)57)81-46-9(7-22(58)33(69)39(75)34(70)23(7)59)24(60)44(78)48(12,46)47-10(25(61)35(71)41(77)45(47)79)1(2-11(47)26(62)42(80)40(76)15(2)51)3-16(52)27(63)36(72)28(64)17(3)53/h80H,49-79H2. The molecule has 1 aliphatic heterocycles. The maximum atomic E-state index is 13.1. The van der Waals surface area contributed by atoms with E-state index in [1.807, 2.05) is 0 Å². The van der Waals surface area contributed by atoms with Crippen molar-refractivity contribution < 1.29 is 9.84 Å². The van der Waals surface area contributed by atoms with Gasteiger partial charge in [-0.2, -0.15) is 0 Å². The van der Waals surface area contributed by atoms with E-state index in [9.17, 15) is 5.11 Å². The minimum Gasteiger partial charge on any atom is -0.509 e. The van der Waals surface area contributed by atoms with Crippen LogP contribution in [-0.4, -0.2) is 248 Å². The largest absolute Gasteiger partial charge is 0.509 e. The van der Waals surface area contributed by atoms with Crippen molar-refractivity contribution in [3.63, 3.8) is 0 Å². The van der Waals surface area contributed by atoms with Crippen LogP contribution in [0.2, 0.25) is 0 Å². The first-order chi connectivity index (χ1) is 37.6. The van der Waals surface area contributed by atoms with E-state index in [2.05, 4.69) is 243 Å². The number of ether oxygens (including phenoxy) is 1. The molecule has 2 atom stereocenters. The first kappa shape index (κ1) is 59.8. The zero-order valence-electron chi connectivity index (χ0n) is 55.9. The van der Waals surface area contributed by atoms with Crippen LogP contribution in [0.25, 0.3) is 33.4 Å². The molecule has 0 saturated carbocycles. The van der Waals surface area contributed by atoms with Crippen LogP contribution in [0.15, 0.2) is 44.2 Å². The molecule has 0 fully saturated rings. The van der Waals surface area contributed by atoms with Gasteiger partial charge in [0.1, 0.15) is 260 Å². The fraction of sp³-hybridized carbons (Fsp3) is 0.0417. The van der Waals surface area contributed by atoms with Crippen molar-refractivity contribution in [2.24, 2.45) is 0 Å². The van der Waals surface area contributed by atoms with E-state index in [1.54, 1.807) is 0 Å². The van der Waals surface area contributed by atoms with Crippen molar-refractivity contribution in [1.29, 1.82) is 0 Å². The second-order valence-corrected chi connectivity index (χ2v) is 26.5. The molecule has 10 rings (SSSR count). The summed E-state index contributed by atoms with van der Waals surface area (Å²) < 4.78 is 8.64. The number of allylic oxidation sites excluding steroid dienone is 8. The summed E-state index contributed by atoms with van der Waals surface area (Å²) in [5.41, 5.74) is 53.5. The van der Waals surface area contributed by atoms with Gasteiger partial charge in [-0.1, -0.05) is 82.0 Å². The summed E-state index contributed by atoms with van der Waals surface area (Å²) >= 11 is 0. The normalized spacial score (nSPS) is 18.2. The van der Waals surface area contributed by atoms with Crippen molar-refractivity contribution in [3.8, 4) is 33.8 Å². The van der Waals surface area contributed by atoms with Gasteiger partial charge < -0.3 is 9.84 Å². The van der Waals surface area contributed by atoms with Gasteiger partial charge in [-0.05, 0) is 55.6 Å². The molecule has 0 spiro atoms. The van der Waals surface area contributed by atoms with E-state index in [4.69, 9.17) is 4.74 Å². The summed E-state index contributed by atoms with van der Waals surface area (Å²) in [6.45, 7) is 0. The lowest BCUT2D eigenvalue weighted by atomic mass is 9.37. The second-order valence-electron chi connectivity index (χ2n) is 26.5. The minimum atomic E-state index is -0.976. The monoisotopic (exact) mass is 1010 g/mol. The smallest absolute Gasteiger partial charge is 0.144 e. The third-order valence-corrected chi connectivity index (χ3v) is 24.3. The van der Waals surface area contributed by atoms with E-state index in [0.717, 1.165) is 27.9 Å². The van der Waals surface area contributed by atoms with Crippen LogP contribution in [0.3, 0.4) is 0 Å². The molecule has 6 aromatic carbocycles. The van der Waals surface area contributed by atoms with Gasteiger partial charge >= 0.3 is 0 Å². The summed E-state index contributed by atoms with van der Waals surface area (Å²) in [5, 5.41) is 13.1. The predicted molar refractivity (Wildman–Crippen MR) is 452 cm³/mol. The summed E-state index contributed by atoms with van der Waals surface area (Å²) in [6, 6.07) is 0. The van der Waals surface area contributed by atoms with Crippen molar-refractivity contribution >= 4 is 391 Å². The predicted octanol–water partition coefficient (Wildman–Crippen LogP) is -38.6. The minimum absolute atomic E-state index is 0.384. The Morgan fingerprint density at radius 1 is 0.235 bits per heavy atom. The van der Waals surface area contributed by atoms with E-state index < -0.39 is 10.8 Å². The van der Waals surface area contributed by atoms with Crippen LogP contribution < -0.4 is 141 Å². The SMILES string of the molecule is BC1=C(B)C2=C(c3c(B)c(B)c(B)c(B)c3B)c3c(B)c(B)c(O)c(B)c3C2(C23C(B)=C(B)C(c4c(B)c(B)c(B)c(B)c4B)=C2Oc2c(-c4c(B)c(B)c(B)c(B)c4B)c(B)c(-c4c(B)c(B)c(B)c(B)c4B)c(B)c23)C(B)=C1B. The van der Waals surface area contributed by atoms with Gasteiger partial charge in [-0.3, -0.25) is 0 Å². The number of benzene rings is 6. The Morgan fingerprint density at radius 3 is 0.963 bits per heavy atom. The van der Waals surface area contributed by atoms with Crippen molar-refractivity contribution in [2.75, 3.05) is 0 Å². The summed E-state index contributed by atoms with van der Waals surface area (Å²) in [5.74, 6) is 2.39. The fourth-order valence-corrected chi connectivity index (χ4v) is 17.3. The van der Waals surface area contributed by atoms with Crippen molar-refractivity contribution in [3.05, 3.63) is 72.0 Å². The van der Waals surface area contributed by atoms with Gasteiger partial charge in [-0.15, -0.1) is 82.0 Å². The van der Waals surface area contributed by atoms with E-state index in [0.29, 0.717) is 5.75 Å². The quantitative estimate of drug-likeness (QED) is 0.174. The fourth-order valence-electron chi connectivity index (χ4n) is 17.3. The number of phenols is 1. The van der Waals surface area contributed by atoms with Gasteiger partial charge in [0, 0.05) is 16.7 Å². The van der Waals surface area contributed by atoms with Crippen LogP contribution in [0.5, 0.6) is 11.5 Å². The average Bonchev–Trinajstić information content (AvgIpc) is 1.77. The molecule has 2 nitrogen and oxygen atoms in total. The van der Waals surface area contributed by atoms with Crippen LogP contribution >= 0.6 is 0 Å². The Hall–Kier alpha value is -4.37. The molecule has 0 radical (unpaired) electrons. The topological polar surface area (TPSA) is 29.5 Å². The molecule has 0 amide bonds. The Labute approximate surface area is 513 Å². The zero-order chi connectivity index (χ0) is 60.3. The van der Waals surface area contributed by atoms with Crippen LogP contribution in [0.1, 0.15) is 27.8 Å². The highest BCUT2D eigenvalue weighted by Crippen LogP contribution is 2.73. The summed E-state index contributed by atoms with van der Waals surface area (Å²) in [4.78, 5) is 0. The molecule has 1 heterocycles. The van der Waals surface area contributed by atoms with E-state index in [-0.39, 0.29) is 0 Å². The molecule has 33 heteroatoms. The van der Waals surface area contributed by atoms with Gasteiger partial charge in [-0.25, -0.2) is 0 Å². The number of hydrogen-bond acceptors (Lipinski definition) is 2. The molecule has 0 aromatic heterocycles. The number of hydrogen-bond donors (Lipinski definition) is 1. The maximum Gasteiger partial charge on any atom is 0.144 e. The Kier molecular flexibility index (Phi) is 14.5. The van der Waals surface area contributed by atoms with Gasteiger partial charge in [0.25, 0.3) is 0 Å². The number of rotatable bonds is 5. The second kappa shape index (κ2) is 19.6. The Morgan fingerprint density at radius 2 is 0.556 bits per heavy atom. The van der Waals surface area contributed by atoms with Crippen LogP contribution in [0.4, 0.5) is 0 Å². The molecule has 1 N–H and O–H groups in total. The highest BCUT2D eigenvalue weighted by Gasteiger charge is 2.71. The molecule has 0 saturated heterocycles. The third-order valence-electron chi connectivity index (χ3n) is 24.3. The van der Waals surface area contributed by atoms with Crippen molar-refractivity contribution in [2.45, 2.75) is 10.8 Å². The lowest BCUT2D eigenvalue weighted by Crippen LogP contribution is -2.59. The molecule has 3 aliphatic carbocycles. The van der Waals surface area contributed by atoms with Crippen LogP contribution in [-0.2, 0) is 10.8 Å². The Bertz CT molecular complexity index is 4170. The first-order valence-corrected chi connectivity index (χ1v) is 30.1. The lowest BCUT2D eigenvalue weighted by Gasteiger charge is -2.54. The highest BCUT2D eigenvalue weighted by molar-refractivity contribution is 6.74. The van der Waals surface area contributed by atoms with Crippen molar-refractivity contribution in [1.82, 2.24) is 0 Å². The highest BCUT2D eigenvalue weighted by atomic mass is 16.5. The van der Waals surface area contributed by atoms with Gasteiger partial charge in [0.05, 0.1) is 10.8 Å². The molecule has 0 bridgehead atoms. The number of phenolic OH excluding ortho intramolecular Hbond substituents is 1. The molecule has 2 unspecified atom stereocenters. The van der Waals surface area contributed by atoms with Gasteiger partial charge in [0.2, 0.25) is 0 Å². The summed E-state index contributed by atoms with van der Waals surface area (Å²) in [7, 11) is 73.0. The van der Waals surface area contributed by atoms with Crippen LogP contribution in [0, 0.1) is 0 Å². The molecule has 81 heavy (non-hydrogen) atoms. The molecular formula is C48H63B31O2. The number of aromatic hydroxyl groups is 1. The van der Waals surface area contributed by atoms with E-state index in [1.165, 1.54) is 220 Å². The van der Waals surface area contributed by atoms with Gasteiger partial charge in [0.15, 0.2) is 0 Å². The lowest BCUT2D eigenvalue weighted by molar-refractivity contribution is 0.346. The zero-order valence-corrected chi connectivity index (χ0v) is 55.9. The molecule has 360 valence electrons. The summed E-state index contributed by atoms with van der Waals surface area (Å²) in [6.07, 6.45) is 0. The third kappa shape index (κ3) is 7.08. The Balaban J connectivity index is 1.64. The first-order valence-electron chi connectivity index (χ1n) is 30.1.